The smallest absolute Gasteiger partial charge is 0.254 e. The number of thioether (sulfide) groups is 1. The van der Waals surface area contributed by atoms with E-state index in [1.165, 1.54) is 23.1 Å². The minimum absolute atomic E-state index is 0.00707. The Labute approximate surface area is 165 Å². The van der Waals surface area contributed by atoms with Crippen LogP contribution in [0.4, 0.5) is 5.13 Å². The van der Waals surface area contributed by atoms with Gasteiger partial charge in [-0.05, 0) is 18.2 Å². The molecule has 2 aromatic rings. The van der Waals surface area contributed by atoms with E-state index in [1.54, 1.807) is 26.3 Å². The van der Waals surface area contributed by atoms with Crippen molar-refractivity contribution in [1.82, 2.24) is 20.4 Å². The number of piperazine rings is 1. The fraction of sp³-hybridized carbons (Fsp3) is 0.412. The van der Waals surface area contributed by atoms with Gasteiger partial charge in [-0.2, -0.15) is 0 Å². The number of hydrogen-bond donors (Lipinski definition) is 1. The Morgan fingerprint density at radius 3 is 2.74 bits per heavy atom. The summed E-state index contributed by atoms with van der Waals surface area (Å²) in [5, 5.41) is 11.8. The zero-order valence-corrected chi connectivity index (χ0v) is 16.8. The lowest BCUT2D eigenvalue weighted by atomic mass is 10.1. The monoisotopic (exact) mass is 407 g/mol. The van der Waals surface area contributed by atoms with E-state index in [1.807, 2.05) is 17.0 Å². The quantitative estimate of drug-likeness (QED) is 0.723. The minimum Gasteiger partial charge on any atom is -0.497 e. The second-order valence-electron chi connectivity index (χ2n) is 5.82. The zero-order valence-electron chi connectivity index (χ0n) is 15.2. The van der Waals surface area contributed by atoms with Gasteiger partial charge in [-0.1, -0.05) is 29.2 Å². The highest BCUT2D eigenvalue weighted by Crippen LogP contribution is 2.28. The summed E-state index contributed by atoms with van der Waals surface area (Å²) in [5.41, 5.74) is 0.631. The lowest BCUT2D eigenvalue weighted by molar-refractivity contribution is -0.118. The molecule has 3 rings (SSSR count). The average molecular weight is 408 g/mol. The number of nitrogens with one attached hydrogen (secondary N) is 1. The van der Waals surface area contributed by atoms with E-state index in [0.29, 0.717) is 43.2 Å². The molecular formula is C17H21N5O3S2. The van der Waals surface area contributed by atoms with Crippen LogP contribution in [0.15, 0.2) is 28.6 Å². The molecule has 1 N–H and O–H groups in total. The Morgan fingerprint density at radius 1 is 1.26 bits per heavy atom. The van der Waals surface area contributed by atoms with Crippen molar-refractivity contribution < 1.29 is 14.3 Å². The number of methoxy groups -OCH3 is 1. The summed E-state index contributed by atoms with van der Waals surface area (Å²) in [7, 11) is 3.20. The molecular weight excluding hydrogens is 386 g/mol. The summed E-state index contributed by atoms with van der Waals surface area (Å²) in [4.78, 5) is 28.0. The number of carbonyl (C=O) groups excluding carboxylic acids is 2. The summed E-state index contributed by atoms with van der Waals surface area (Å²) in [6, 6.07) is 7.21. The van der Waals surface area contributed by atoms with Crippen LogP contribution >= 0.6 is 23.1 Å². The molecule has 2 heterocycles. The van der Waals surface area contributed by atoms with E-state index in [9.17, 15) is 9.59 Å². The SMILES string of the molecule is CNC(=O)CSc1nnc(N2CCN(C(=O)c3cccc(OC)c3)CC2)s1. The highest BCUT2D eigenvalue weighted by Gasteiger charge is 2.24. The first-order chi connectivity index (χ1) is 13.1. The topological polar surface area (TPSA) is 87.7 Å². The van der Waals surface area contributed by atoms with Crippen molar-refractivity contribution in [2.45, 2.75) is 4.34 Å². The largest absolute Gasteiger partial charge is 0.497 e. The predicted molar refractivity (Wildman–Crippen MR) is 106 cm³/mol. The molecule has 0 atom stereocenters. The molecule has 1 aliphatic rings. The van der Waals surface area contributed by atoms with Gasteiger partial charge in [0.05, 0.1) is 12.9 Å². The van der Waals surface area contributed by atoms with E-state index in [4.69, 9.17) is 4.74 Å². The van der Waals surface area contributed by atoms with E-state index < -0.39 is 0 Å². The number of ether oxygens (including phenoxy) is 1. The highest BCUT2D eigenvalue weighted by atomic mass is 32.2. The highest BCUT2D eigenvalue weighted by molar-refractivity contribution is 8.01. The standard InChI is InChI=1S/C17H21N5O3S2/c1-18-14(23)11-26-17-20-19-16(27-17)22-8-6-21(7-9-22)15(24)12-4-3-5-13(10-12)25-2/h3-5,10H,6-9,11H2,1-2H3,(H,18,23). The molecule has 0 radical (unpaired) electrons. The Bertz CT molecular complexity index is 805. The lowest BCUT2D eigenvalue weighted by Gasteiger charge is -2.34. The first-order valence-electron chi connectivity index (χ1n) is 8.46. The van der Waals surface area contributed by atoms with Crippen LogP contribution in [0.2, 0.25) is 0 Å². The summed E-state index contributed by atoms with van der Waals surface area (Å²) in [6.45, 7) is 2.64. The van der Waals surface area contributed by atoms with Crippen molar-refractivity contribution in [3.05, 3.63) is 29.8 Å². The zero-order chi connectivity index (χ0) is 19.2. The van der Waals surface area contributed by atoms with Crippen molar-refractivity contribution in [1.29, 1.82) is 0 Å². The normalized spacial score (nSPS) is 14.1. The molecule has 0 unspecified atom stereocenters. The third kappa shape index (κ3) is 4.89. The molecule has 0 aliphatic carbocycles. The maximum Gasteiger partial charge on any atom is 0.254 e. The fourth-order valence-corrected chi connectivity index (χ4v) is 4.39. The molecule has 27 heavy (non-hydrogen) atoms. The number of carbonyl (C=O) groups is 2. The van der Waals surface area contributed by atoms with Gasteiger partial charge >= 0.3 is 0 Å². The van der Waals surface area contributed by atoms with Crippen LogP contribution in [0.25, 0.3) is 0 Å². The van der Waals surface area contributed by atoms with Crippen LogP contribution in [0.3, 0.4) is 0 Å². The minimum atomic E-state index is -0.0404. The second kappa shape index (κ2) is 9.05. The third-order valence-electron chi connectivity index (χ3n) is 4.16. The van der Waals surface area contributed by atoms with E-state index >= 15 is 0 Å². The molecule has 1 aliphatic heterocycles. The van der Waals surface area contributed by atoms with Gasteiger partial charge in [0.25, 0.3) is 5.91 Å². The van der Waals surface area contributed by atoms with Gasteiger partial charge in [-0.15, -0.1) is 10.2 Å². The van der Waals surface area contributed by atoms with E-state index in [-0.39, 0.29) is 11.8 Å². The van der Waals surface area contributed by atoms with Crippen LogP contribution in [-0.2, 0) is 4.79 Å². The Kier molecular flexibility index (Phi) is 6.51. The molecule has 2 amide bonds. The van der Waals surface area contributed by atoms with Gasteiger partial charge in [-0.3, -0.25) is 9.59 Å². The molecule has 8 nitrogen and oxygen atoms in total. The molecule has 1 aromatic heterocycles. The summed E-state index contributed by atoms with van der Waals surface area (Å²) < 4.78 is 5.96. The van der Waals surface area contributed by atoms with Crippen molar-refractivity contribution in [2.24, 2.45) is 0 Å². The number of rotatable bonds is 6. The first-order valence-corrected chi connectivity index (χ1v) is 10.3. The summed E-state index contributed by atoms with van der Waals surface area (Å²) in [6.07, 6.45) is 0. The molecule has 10 heteroatoms. The van der Waals surface area contributed by atoms with Crippen LogP contribution in [0.1, 0.15) is 10.4 Å². The average Bonchev–Trinajstić information content (AvgIpc) is 3.20. The molecule has 1 saturated heterocycles. The van der Waals surface area contributed by atoms with Crippen molar-refractivity contribution >= 4 is 40.0 Å². The number of hydrogen-bond acceptors (Lipinski definition) is 8. The van der Waals surface area contributed by atoms with Crippen molar-refractivity contribution in [3.63, 3.8) is 0 Å². The van der Waals surface area contributed by atoms with E-state index in [2.05, 4.69) is 20.4 Å². The second-order valence-corrected chi connectivity index (χ2v) is 8.00. The Balaban J connectivity index is 1.55. The van der Waals surface area contributed by atoms with Gasteiger partial charge in [0.2, 0.25) is 11.0 Å². The predicted octanol–water partition coefficient (Wildman–Crippen LogP) is 1.35. The van der Waals surface area contributed by atoms with Crippen LogP contribution in [-0.4, -0.2) is 73.0 Å². The van der Waals surface area contributed by atoms with Crippen molar-refractivity contribution in [2.75, 3.05) is 51.0 Å². The number of amides is 2. The number of benzene rings is 1. The summed E-state index contributed by atoms with van der Waals surface area (Å²) >= 11 is 2.84. The Hall–Kier alpha value is -2.33. The molecule has 0 saturated carbocycles. The van der Waals surface area contributed by atoms with Gasteiger partial charge in [0.1, 0.15) is 5.75 Å². The van der Waals surface area contributed by atoms with Crippen molar-refractivity contribution in [3.8, 4) is 5.75 Å². The van der Waals surface area contributed by atoms with Gasteiger partial charge in [-0.25, -0.2) is 0 Å². The van der Waals surface area contributed by atoms with Crippen LogP contribution in [0, 0.1) is 0 Å². The van der Waals surface area contributed by atoms with Gasteiger partial charge in [0, 0.05) is 38.8 Å². The van der Waals surface area contributed by atoms with Crippen LogP contribution in [0.5, 0.6) is 5.75 Å². The summed E-state index contributed by atoms with van der Waals surface area (Å²) in [5.74, 6) is 0.970. The molecule has 1 fully saturated rings. The number of anilines is 1. The van der Waals surface area contributed by atoms with Crippen LogP contribution < -0.4 is 15.0 Å². The van der Waals surface area contributed by atoms with Gasteiger partial charge < -0.3 is 19.9 Å². The molecule has 0 spiro atoms. The maximum absolute atomic E-state index is 12.7. The first kappa shape index (κ1) is 19.4. The number of aromatic nitrogens is 2. The molecule has 144 valence electrons. The molecule has 1 aromatic carbocycles. The lowest BCUT2D eigenvalue weighted by Crippen LogP contribution is -2.48. The van der Waals surface area contributed by atoms with E-state index in [0.717, 1.165) is 9.47 Å². The third-order valence-corrected chi connectivity index (χ3v) is 6.27. The number of nitrogens with zero attached hydrogens (tertiary/aromatic N) is 4. The fourth-order valence-electron chi connectivity index (χ4n) is 2.63. The Morgan fingerprint density at radius 2 is 2.04 bits per heavy atom. The molecule has 0 bridgehead atoms. The van der Waals surface area contributed by atoms with Gasteiger partial charge in [0.15, 0.2) is 4.34 Å². The maximum atomic E-state index is 12.7.